The molecule has 5 N–H and O–H groups in total. The van der Waals surface area contributed by atoms with Gasteiger partial charge in [-0.2, -0.15) is 26.3 Å². The molecule has 4 rings (SSSR count). The molecule has 1 atom stereocenters. The summed E-state index contributed by atoms with van der Waals surface area (Å²) in [5.74, 6) is -6.71. The highest BCUT2D eigenvalue weighted by atomic mass is 19.4. The second-order valence-corrected chi connectivity index (χ2v) is 9.35. The van der Waals surface area contributed by atoms with Gasteiger partial charge in [0.05, 0.1) is 17.1 Å². The molecule has 1 unspecified atom stereocenters. The average Bonchev–Trinajstić information content (AvgIpc) is 3.03. The van der Waals surface area contributed by atoms with Crippen LogP contribution >= 0.6 is 0 Å². The van der Waals surface area contributed by atoms with E-state index in [0.717, 1.165) is 22.2 Å². The normalized spacial score (nSPS) is 11.5. The number of aliphatic carboxylic acids is 2. The number of hydrogen-bond donors (Lipinski definition) is 5. The number of benzene rings is 2. The SMILES string of the molecule is Cc1cc(COc2ccc(C(=O)NCC(C(=O)NO)c3ccccn3)cc2)c2ccccc2n1.O=C(O)C(F)(F)F.O=C(O)C(F)(F)F. The van der Waals surface area contributed by atoms with E-state index in [-0.39, 0.29) is 12.5 Å². The Kier molecular flexibility index (Phi) is 13.8. The van der Waals surface area contributed by atoms with E-state index >= 15 is 0 Å². The van der Waals surface area contributed by atoms with Crippen LogP contribution in [0.15, 0.2) is 79.0 Å². The maximum absolute atomic E-state index is 12.6. The summed E-state index contributed by atoms with van der Waals surface area (Å²) >= 11 is 0. The van der Waals surface area contributed by atoms with Gasteiger partial charge in [0.25, 0.3) is 11.8 Å². The zero-order chi connectivity index (χ0) is 36.1. The molecule has 2 aromatic carbocycles. The fourth-order valence-corrected chi connectivity index (χ4v) is 3.67. The lowest BCUT2D eigenvalue weighted by atomic mass is 10.0. The highest BCUT2D eigenvalue weighted by Crippen LogP contribution is 2.21. The van der Waals surface area contributed by atoms with E-state index in [2.05, 4.69) is 15.3 Å². The van der Waals surface area contributed by atoms with E-state index in [1.54, 1.807) is 54.1 Å². The Bertz CT molecular complexity index is 1680. The summed E-state index contributed by atoms with van der Waals surface area (Å²) in [5.41, 5.74) is 5.36. The Morgan fingerprint density at radius 1 is 0.854 bits per heavy atom. The number of hydrogen-bond acceptors (Lipinski definition) is 8. The molecule has 256 valence electrons. The smallest absolute Gasteiger partial charge is 0.489 e. The minimum Gasteiger partial charge on any atom is -0.489 e. The van der Waals surface area contributed by atoms with Crippen LogP contribution in [-0.4, -0.2) is 68.0 Å². The molecule has 2 heterocycles. The van der Waals surface area contributed by atoms with E-state index in [1.165, 1.54) is 0 Å². The Hall–Kier alpha value is -5.78. The van der Waals surface area contributed by atoms with Crippen molar-refractivity contribution in [1.29, 1.82) is 0 Å². The Morgan fingerprint density at radius 2 is 1.42 bits per heavy atom. The summed E-state index contributed by atoms with van der Waals surface area (Å²) in [4.78, 5) is 51.1. The zero-order valence-corrected chi connectivity index (χ0v) is 24.5. The number of amides is 2. The standard InChI is InChI=1S/C26H24N4O4.2C2HF3O2/c1-17-14-19(21-6-2-3-8-24(21)29-17)16-34-20-11-9-18(10-12-20)25(31)28-15-22(26(32)30-33)23-7-4-5-13-27-23;2*3-2(4,5)1(6)7/h2-14,22,33H,15-16H2,1H3,(H,28,31)(H,30,32);2*(H,6,7). The number of pyridine rings is 2. The second kappa shape index (κ2) is 17.2. The molecule has 0 saturated heterocycles. The number of carboxylic acids is 2. The van der Waals surface area contributed by atoms with E-state index in [4.69, 9.17) is 29.7 Å². The summed E-state index contributed by atoms with van der Waals surface area (Å²) in [5, 5.41) is 27.0. The van der Waals surface area contributed by atoms with Crippen LogP contribution in [0.5, 0.6) is 5.75 Å². The highest BCUT2D eigenvalue weighted by Gasteiger charge is 2.38. The quantitative estimate of drug-likeness (QED) is 0.0980. The van der Waals surface area contributed by atoms with E-state index in [1.807, 2.05) is 37.3 Å². The first-order valence-corrected chi connectivity index (χ1v) is 13.3. The molecule has 18 heteroatoms. The number of fused-ring (bicyclic) bond motifs is 1. The van der Waals surface area contributed by atoms with Crippen LogP contribution in [0.25, 0.3) is 10.9 Å². The van der Waals surface area contributed by atoms with Crippen molar-refractivity contribution in [3.63, 3.8) is 0 Å². The van der Waals surface area contributed by atoms with Crippen LogP contribution in [0.3, 0.4) is 0 Å². The molecule has 2 aromatic heterocycles. The lowest BCUT2D eigenvalue weighted by Gasteiger charge is -2.15. The summed E-state index contributed by atoms with van der Waals surface area (Å²) in [6.45, 7) is 2.30. The molecule has 0 fully saturated rings. The van der Waals surface area contributed by atoms with Crippen molar-refractivity contribution >= 4 is 34.7 Å². The van der Waals surface area contributed by atoms with Crippen molar-refractivity contribution in [2.75, 3.05) is 6.54 Å². The van der Waals surface area contributed by atoms with Gasteiger partial charge in [-0.1, -0.05) is 24.3 Å². The number of ether oxygens (including phenoxy) is 1. The van der Waals surface area contributed by atoms with Gasteiger partial charge in [-0.3, -0.25) is 24.8 Å². The number of carbonyl (C=O) groups is 4. The van der Waals surface area contributed by atoms with E-state index < -0.39 is 36.1 Å². The molecule has 2 amide bonds. The first-order chi connectivity index (χ1) is 22.4. The van der Waals surface area contributed by atoms with Gasteiger partial charge in [-0.25, -0.2) is 15.1 Å². The first-order valence-electron chi connectivity index (χ1n) is 13.3. The van der Waals surface area contributed by atoms with Gasteiger partial charge in [0.1, 0.15) is 12.4 Å². The molecule has 0 bridgehead atoms. The van der Waals surface area contributed by atoms with Gasteiger partial charge in [-0.05, 0) is 55.5 Å². The number of carbonyl (C=O) groups excluding carboxylic acids is 2. The minimum atomic E-state index is -5.08. The van der Waals surface area contributed by atoms with E-state index in [0.29, 0.717) is 23.6 Å². The molecule has 0 radical (unpaired) electrons. The number of aryl methyl sites for hydroxylation is 1. The van der Waals surface area contributed by atoms with Crippen LogP contribution in [0.2, 0.25) is 0 Å². The van der Waals surface area contributed by atoms with Crippen molar-refractivity contribution in [1.82, 2.24) is 20.8 Å². The van der Waals surface area contributed by atoms with Gasteiger partial charge < -0.3 is 20.3 Å². The fourth-order valence-electron chi connectivity index (χ4n) is 3.67. The van der Waals surface area contributed by atoms with Crippen molar-refractivity contribution in [3.8, 4) is 5.75 Å². The maximum atomic E-state index is 12.6. The summed E-state index contributed by atoms with van der Waals surface area (Å²) in [6.07, 6.45) is -8.62. The number of carboxylic acid groups (broad SMARTS) is 2. The minimum absolute atomic E-state index is 0.0189. The van der Waals surface area contributed by atoms with Gasteiger partial charge in [0.2, 0.25) is 0 Å². The lowest BCUT2D eigenvalue weighted by molar-refractivity contribution is -0.193. The molecule has 0 aliphatic rings. The molecule has 0 aliphatic carbocycles. The Labute approximate surface area is 267 Å². The number of aromatic nitrogens is 2. The molecular weight excluding hydrogens is 658 g/mol. The third-order valence-electron chi connectivity index (χ3n) is 5.86. The van der Waals surface area contributed by atoms with E-state index in [9.17, 15) is 35.9 Å². The summed E-state index contributed by atoms with van der Waals surface area (Å²) < 4.78 is 69.4. The monoisotopic (exact) mass is 684 g/mol. The number of nitrogens with zero attached hydrogens (tertiary/aromatic N) is 2. The van der Waals surface area contributed by atoms with Crippen LogP contribution in [0.1, 0.15) is 33.2 Å². The molecule has 12 nitrogen and oxygen atoms in total. The third kappa shape index (κ3) is 12.2. The molecule has 0 spiro atoms. The van der Waals surface area contributed by atoms with Gasteiger partial charge in [0, 0.05) is 34.9 Å². The Morgan fingerprint density at radius 3 is 1.94 bits per heavy atom. The van der Waals surface area contributed by atoms with Crippen LogP contribution in [-0.2, 0) is 21.0 Å². The van der Waals surface area contributed by atoms with Gasteiger partial charge in [0.15, 0.2) is 0 Å². The predicted molar refractivity (Wildman–Crippen MR) is 154 cm³/mol. The molecule has 0 saturated carbocycles. The average molecular weight is 685 g/mol. The number of alkyl halides is 6. The molecule has 4 aromatic rings. The Balaban J connectivity index is 0.000000479. The van der Waals surface area contributed by atoms with Crippen LogP contribution < -0.4 is 15.5 Å². The number of halogens is 6. The predicted octanol–water partition coefficient (Wildman–Crippen LogP) is 4.80. The number of hydroxylamine groups is 1. The van der Waals surface area contributed by atoms with Crippen molar-refractivity contribution in [2.45, 2.75) is 31.8 Å². The highest BCUT2D eigenvalue weighted by molar-refractivity contribution is 5.95. The van der Waals surface area contributed by atoms with Crippen molar-refractivity contribution in [2.24, 2.45) is 0 Å². The van der Waals surface area contributed by atoms with Crippen molar-refractivity contribution in [3.05, 3.63) is 102 Å². The van der Waals surface area contributed by atoms with Crippen molar-refractivity contribution < 1.29 is 65.7 Å². The van der Waals surface area contributed by atoms with Crippen LogP contribution in [0, 0.1) is 6.92 Å². The summed E-state index contributed by atoms with van der Waals surface area (Å²) in [6, 6.07) is 21.8. The molecular formula is C30H26F6N4O8. The lowest BCUT2D eigenvalue weighted by Crippen LogP contribution is -2.36. The molecule has 48 heavy (non-hydrogen) atoms. The number of para-hydroxylation sites is 1. The largest absolute Gasteiger partial charge is 0.490 e. The number of rotatable bonds is 8. The maximum Gasteiger partial charge on any atom is 0.490 e. The third-order valence-corrected chi connectivity index (χ3v) is 5.86. The van der Waals surface area contributed by atoms with Gasteiger partial charge >= 0.3 is 24.3 Å². The number of nitrogens with one attached hydrogen (secondary N) is 2. The topological polar surface area (TPSA) is 188 Å². The zero-order valence-electron chi connectivity index (χ0n) is 24.5. The first kappa shape index (κ1) is 38.4. The summed E-state index contributed by atoms with van der Waals surface area (Å²) in [7, 11) is 0. The fraction of sp³-hybridized carbons (Fsp3) is 0.200. The van der Waals surface area contributed by atoms with Crippen LogP contribution in [0.4, 0.5) is 26.3 Å². The molecule has 0 aliphatic heterocycles. The van der Waals surface area contributed by atoms with Gasteiger partial charge in [-0.15, -0.1) is 0 Å². The second-order valence-electron chi connectivity index (χ2n) is 9.35.